The lowest BCUT2D eigenvalue weighted by molar-refractivity contribution is 0.0592. The van der Waals surface area contributed by atoms with E-state index >= 15 is 0 Å². The summed E-state index contributed by atoms with van der Waals surface area (Å²) < 4.78 is 4.92. The zero-order chi connectivity index (χ0) is 10.9. The number of pyridine rings is 1. The molecule has 0 saturated heterocycles. The van der Waals surface area contributed by atoms with Gasteiger partial charge in [-0.25, -0.2) is 9.78 Å². The molecule has 14 heavy (non-hydrogen) atoms. The molecule has 0 aliphatic carbocycles. The first kappa shape index (κ1) is 12.3. The Morgan fingerprint density at radius 1 is 1.36 bits per heavy atom. The Hall–Kier alpha value is 0.220. The fraction of sp³-hybridized carbons (Fsp3) is 0.143. The molecule has 0 atom stereocenters. The Balaban J connectivity index is 3.40. The summed E-state index contributed by atoms with van der Waals surface area (Å²) in [5.41, 5.74) is 0.0625. The fourth-order valence-corrected chi connectivity index (χ4v) is 2.03. The van der Waals surface area contributed by atoms with Gasteiger partial charge in [-0.2, -0.15) is 0 Å². The van der Waals surface area contributed by atoms with E-state index in [9.17, 15) is 4.79 Å². The van der Waals surface area contributed by atoms with Crippen LogP contribution in [0.3, 0.4) is 0 Å². The van der Waals surface area contributed by atoms with Crippen LogP contribution in [0.4, 0.5) is 0 Å². The maximum Gasteiger partial charge on any atom is 0.357 e. The van der Waals surface area contributed by atoms with Crippen LogP contribution in [0, 0.1) is 3.57 Å². The van der Waals surface area contributed by atoms with Gasteiger partial charge in [0.05, 0.1) is 20.7 Å². The highest BCUT2D eigenvalue weighted by atomic mass is 127. The third-order valence-corrected chi connectivity index (χ3v) is 3.95. The number of rotatable bonds is 1. The van der Waals surface area contributed by atoms with Crippen molar-refractivity contribution in [1.29, 1.82) is 0 Å². The summed E-state index contributed by atoms with van der Waals surface area (Å²) in [5, 5.41) is 0.315. The highest BCUT2D eigenvalue weighted by Gasteiger charge is 2.19. The molecule has 0 aliphatic rings. The molecule has 0 aliphatic heterocycles. The number of halogens is 4. The van der Waals surface area contributed by atoms with Crippen LogP contribution >= 0.6 is 57.4 Å². The summed E-state index contributed by atoms with van der Waals surface area (Å²) in [6.45, 7) is 0. The van der Waals surface area contributed by atoms with Crippen LogP contribution < -0.4 is 0 Å². The zero-order valence-electron chi connectivity index (χ0n) is 6.78. The lowest BCUT2D eigenvalue weighted by Gasteiger charge is -2.05. The molecule has 7 heteroatoms. The van der Waals surface area contributed by atoms with Gasteiger partial charge < -0.3 is 4.74 Å². The van der Waals surface area contributed by atoms with Crippen LogP contribution in [0.5, 0.6) is 0 Å². The standard InChI is InChI=1S/C7H3Cl3INO2/c1-14-7(13)5-4(11)2(8)3(9)6(10)12-5/h1H3. The molecule has 0 radical (unpaired) electrons. The van der Waals surface area contributed by atoms with E-state index in [1.54, 1.807) is 0 Å². The zero-order valence-corrected chi connectivity index (χ0v) is 11.2. The van der Waals surface area contributed by atoms with Gasteiger partial charge >= 0.3 is 5.97 Å². The summed E-state index contributed by atoms with van der Waals surface area (Å²) >= 11 is 19.0. The predicted octanol–water partition coefficient (Wildman–Crippen LogP) is 3.43. The first-order chi connectivity index (χ1) is 6.49. The molecule has 1 aromatic rings. The van der Waals surface area contributed by atoms with Gasteiger partial charge in [0.25, 0.3) is 0 Å². The smallest absolute Gasteiger partial charge is 0.357 e. The minimum atomic E-state index is -0.602. The average molecular weight is 366 g/mol. The minimum Gasteiger partial charge on any atom is -0.464 e. The van der Waals surface area contributed by atoms with Crippen LogP contribution in [0.1, 0.15) is 10.5 Å². The van der Waals surface area contributed by atoms with Crippen molar-refractivity contribution in [3.8, 4) is 0 Å². The number of ether oxygens (including phenoxy) is 1. The number of carbonyl (C=O) groups is 1. The van der Waals surface area contributed by atoms with E-state index < -0.39 is 5.97 Å². The Labute approximate surface area is 109 Å². The van der Waals surface area contributed by atoms with E-state index in [4.69, 9.17) is 34.8 Å². The molecule has 0 bridgehead atoms. The molecule has 0 spiro atoms. The monoisotopic (exact) mass is 365 g/mol. The summed E-state index contributed by atoms with van der Waals surface area (Å²) in [6, 6.07) is 0. The molecular formula is C7H3Cl3INO2. The lowest BCUT2D eigenvalue weighted by Crippen LogP contribution is -2.07. The lowest BCUT2D eigenvalue weighted by atomic mass is 10.3. The highest BCUT2D eigenvalue weighted by Crippen LogP contribution is 2.33. The molecule has 1 heterocycles. The quantitative estimate of drug-likeness (QED) is 0.434. The van der Waals surface area contributed by atoms with Crippen molar-refractivity contribution in [2.45, 2.75) is 0 Å². The molecule has 0 fully saturated rings. The van der Waals surface area contributed by atoms with Gasteiger partial charge in [-0.1, -0.05) is 34.8 Å². The van der Waals surface area contributed by atoms with Crippen LogP contribution in [-0.2, 0) is 4.74 Å². The summed E-state index contributed by atoms with van der Waals surface area (Å²) in [6.07, 6.45) is 0. The van der Waals surface area contributed by atoms with Gasteiger partial charge in [0.2, 0.25) is 0 Å². The van der Waals surface area contributed by atoms with E-state index in [0.717, 1.165) is 0 Å². The maximum absolute atomic E-state index is 11.2. The van der Waals surface area contributed by atoms with E-state index in [-0.39, 0.29) is 20.9 Å². The van der Waals surface area contributed by atoms with E-state index in [2.05, 4.69) is 9.72 Å². The third-order valence-electron chi connectivity index (χ3n) is 1.36. The summed E-state index contributed by atoms with van der Waals surface area (Å²) in [4.78, 5) is 15.0. The fourth-order valence-electron chi connectivity index (χ4n) is 0.719. The first-order valence-corrected chi connectivity index (χ1v) is 5.48. The van der Waals surface area contributed by atoms with Gasteiger partial charge in [-0.15, -0.1) is 0 Å². The van der Waals surface area contributed by atoms with Crippen molar-refractivity contribution in [3.63, 3.8) is 0 Å². The number of hydrogen-bond donors (Lipinski definition) is 0. The van der Waals surface area contributed by atoms with Gasteiger partial charge in [0.15, 0.2) is 5.69 Å². The topological polar surface area (TPSA) is 39.2 Å². The summed E-state index contributed by atoms with van der Waals surface area (Å²) in [5.74, 6) is -0.602. The predicted molar refractivity (Wildman–Crippen MR) is 63.3 cm³/mol. The van der Waals surface area contributed by atoms with Crippen molar-refractivity contribution < 1.29 is 9.53 Å². The number of aromatic nitrogens is 1. The molecule has 1 rings (SSSR count). The van der Waals surface area contributed by atoms with Crippen LogP contribution in [-0.4, -0.2) is 18.1 Å². The maximum atomic E-state index is 11.2. The second-order valence-electron chi connectivity index (χ2n) is 2.18. The molecule has 0 amide bonds. The average Bonchev–Trinajstić information content (AvgIpc) is 2.19. The van der Waals surface area contributed by atoms with Gasteiger partial charge in [0.1, 0.15) is 5.15 Å². The van der Waals surface area contributed by atoms with Crippen LogP contribution in [0.2, 0.25) is 15.2 Å². The highest BCUT2D eigenvalue weighted by molar-refractivity contribution is 14.1. The Kier molecular flexibility index (Phi) is 4.24. The first-order valence-electron chi connectivity index (χ1n) is 3.27. The Morgan fingerprint density at radius 2 is 1.93 bits per heavy atom. The SMILES string of the molecule is COC(=O)c1nc(Cl)c(Cl)c(Cl)c1I. The number of carbonyl (C=O) groups excluding carboxylic acids is 1. The van der Waals surface area contributed by atoms with Gasteiger partial charge in [0, 0.05) is 0 Å². The van der Waals surface area contributed by atoms with E-state index in [1.165, 1.54) is 7.11 Å². The van der Waals surface area contributed by atoms with Crippen molar-refractivity contribution in [1.82, 2.24) is 4.98 Å². The second-order valence-corrected chi connectivity index (χ2v) is 4.38. The number of hydrogen-bond acceptors (Lipinski definition) is 3. The van der Waals surface area contributed by atoms with Gasteiger partial charge in [-0.3, -0.25) is 0 Å². The van der Waals surface area contributed by atoms with Crippen LogP contribution in [0.15, 0.2) is 0 Å². The molecular weight excluding hydrogens is 363 g/mol. The Bertz CT molecular complexity index is 397. The van der Waals surface area contributed by atoms with Crippen molar-refractivity contribution in [2.75, 3.05) is 7.11 Å². The largest absolute Gasteiger partial charge is 0.464 e. The normalized spacial score (nSPS) is 10.1. The number of esters is 1. The molecule has 0 N–H and O–H groups in total. The van der Waals surface area contributed by atoms with Gasteiger partial charge in [-0.05, 0) is 22.6 Å². The number of nitrogens with zero attached hydrogens (tertiary/aromatic N) is 1. The molecule has 3 nitrogen and oxygen atoms in total. The summed E-state index contributed by atoms with van der Waals surface area (Å²) in [7, 11) is 1.25. The minimum absolute atomic E-state index is 0.0162. The van der Waals surface area contributed by atoms with Crippen molar-refractivity contribution >= 4 is 63.4 Å². The second kappa shape index (κ2) is 4.83. The molecule has 0 saturated carbocycles. The molecule has 76 valence electrons. The molecule has 0 unspecified atom stereocenters. The Morgan fingerprint density at radius 3 is 2.43 bits per heavy atom. The third kappa shape index (κ3) is 2.24. The molecule has 1 aromatic heterocycles. The van der Waals surface area contributed by atoms with E-state index in [0.29, 0.717) is 3.57 Å². The van der Waals surface area contributed by atoms with Crippen molar-refractivity contribution in [3.05, 3.63) is 24.5 Å². The van der Waals surface area contributed by atoms with Crippen LogP contribution in [0.25, 0.3) is 0 Å². The van der Waals surface area contributed by atoms with Crippen molar-refractivity contribution in [2.24, 2.45) is 0 Å². The van der Waals surface area contributed by atoms with E-state index in [1.807, 2.05) is 22.6 Å². The molecule has 0 aromatic carbocycles. The number of methoxy groups -OCH3 is 1.